The first-order valence-electron chi connectivity index (χ1n) is 9.30. The molecule has 1 aromatic heterocycles. The monoisotopic (exact) mass is 467 g/mol. The maximum Gasteiger partial charge on any atom is 0.416 e. The van der Waals surface area contributed by atoms with Crippen molar-refractivity contribution >= 4 is 49.9 Å². The fourth-order valence-corrected chi connectivity index (χ4v) is 4.22. The van der Waals surface area contributed by atoms with Crippen LogP contribution in [-0.2, 0) is 6.18 Å². The average Bonchev–Trinajstić information content (AvgIpc) is 3.33. The number of nitrogens with one attached hydrogen (secondary N) is 2. The van der Waals surface area contributed by atoms with Gasteiger partial charge in [0, 0.05) is 38.8 Å². The van der Waals surface area contributed by atoms with Crippen molar-refractivity contribution in [3.05, 3.63) is 99.7 Å². The van der Waals surface area contributed by atoms with Gasteiger partial charge in [0.05, 0.1) is 16.7 Å². The van der Waals surface area contributed by atoms with Crippen LogP contribution >= 0.6 is 15.9 Å². The smallest absolute Gasteiger partial charge is 0.361 e. The molecule has 0 saturated carbocycles. The van der Waals surface area contributed by atoms with E-state index in [0.29, 0.717) is 5.56 Å². The third kappa shape index (κ3) is 3.17. The van der Waals surface area contributed by atoms with Crippen molar-refractivity contribution in [3.63, 3.8) is 0 Å². The number of allylic oxidation sites excluding steroid dienone is 1. The summed E-state index contributed by atoms with van der Waals surface area (Å²) in [5.74, 6) is 0. The Bertz CT molecular complexity index is 1330. The Hall–Kier alpha value is -3.12. The van der Waals surface area contributed by atoms with Gasteiger partial charge in [-0.1, -0.05) is 46.3 Å². The number of fused-ring (bicyclic) bond motifs is 2. The molecule has 5 rings (SSSR count). The number of para-hydroxylation sites is 1. The maximum absolute atomic E-state index is 13.1. The zero-order valence-corrected chi connectivity index (χ0v) is 17.1. The lowest BCUT2D eigenvalue weighted by molar-refractivity contribution is -0.342. The number of benzene rings is 3. The molecule has 0 aliphatic carbocycles. The molecule has 0 radical (unpaired) electrons. The predicted molar refractivity (Wildman–Crippen MR) is 116 cm³/mol. The van der Waals surface area contributed by atoms with Gasteiger partial charge in [-0.25, -0.2) is 4.99 Å². The lowest BCUT2D eigenvalue weighted by Gasteiger charge is -2.12. The fraction of sp³-hybridized carbons (Fsp3) is 0.0417. The second kappa shape index (κ2) is 6.99. The van der Waals surface area contributed by atoms with Crippen LogP contribution in [-0.4, -0.2) is 11.2 Å². The van der Waals surface area contributed by atoms with Gasteiger partial charge in [-0.3, -0.25) is 0 Å². The minimum Gasteiger partial charge on any atom is -0.361 e. The molecule has 1 aliphatic heterocycles. The molecule has 148 valence electrons. The van der Waals surface area contributed by atoms with E-state index < -0.39 is 11.7 Å². The van der Waals surface area contributed by atoms with E-state index in [0.717, 1.165) is 55.5 Å². The molecule has 0 atom stereocenters. The van der Waals surface area contributed by atoms with E-state index in [1.807, 2.05) is 54.9 Å². The molecule has 3 aromatic carbocycles. The standard InChI is InChI=1S/C24H14BrF3N2/c25-16-9-10-22-18(11-16)20(13-30-22)23(14-5-7-15(8-6-14)24(26,27)28)19-12-29-21-4-2-1-3-17(19)21/h1-13,29H/p+1. The zero-order chi connectivity index (χ0) is 20.9. The van der Waals surface area contributed by atoms with Crippen molar-refractivity contribution in [3.8, 4) is 0 Å². The topological polar surface area (TPSA) is 29.8 Å². The predicted octanol–water partition coefficient (Wildman–Crippen LogP) is 5.70. The molecule has 0 fully saturated rings. The highest BCUT2D eigenvalue weighted by Gasteiger charge is 2.31. The van der Waals surface area contributed by atoms with Gasteiger partial charge in [-0.2, -0.15) is 13.2 Å². The van der Waals surface area contributed by atoms with E-state index in [9.17, 15) is 13.2 Å². The Labute approximate surface area is 178 Å². The fourth-order valence-electron chi connectivity index (χ4n) is 3.86. The number of H-pyrrole nitrogens is 1. The van der Waals surface area contributed by atoms with Crippen LogP contribution in [0.4, 0.5) is 18.9 Å². The summed E-state index contributed by atoms with van der Waals surface area (Å²) < 4.78 is 40.3. The van der Waals surface area contributed by atoms with E-state index >= 15 is 0 Å². The lowest BCUT2D eigenvalue weighted by atomic mass is 9.89. The number of halogens is 4. The number of hydrogen-bond donors (Lipinski definition) is 2. The number of aromatic amines is 1. The van der Waals surface area contributed by atoms with E-state index in [4.69, 9.17) is 0 Å². The van der Waals surface area contributed by atoms with Crippen molar-refractivity contribution in [2.75, 3.05) is 0 Å². The van der Waals surface area contributed by atoms with Crippen LogP contribution < -0.4 is 4.99 Å². The van der Waals surface area contributed by atoms with Crippen LogP contribution in [0.25, 0.3) is 22.0 Å². The third-order valence-corrected chi connectivity index (χ3v) is 5.77. The van der Waals surface area contributed by atoms with E-state index in [-0.39, 0.29) is 0 Å². The number of hydrogen-bond acceptors (Lipinski definition) is 0. The molecule has 6 heteroatoms. The maximum atomic E-state index is 13.1. The summed E-state index contributed by atoms with van der Waals surface area (Å²) in [6.07, 6.45) is -0.550. The van der Waals surface area contributed by atoms with Gasteiger partial charge in [0.25, 0.3) is 0 Å². The van der Waals surface area contributed by atoms with Crippen molar-refractivity contribution in [1.29, 1.82) is 0 Å². The lowest BCUT2D eigenvalue weighted by Crippen LogP contribution is -2.58. The summed E-state index contributed by atoms with van der Waals surface area (Å²) in [6, 6.07) is 19.2. The quantitative estimate of drug-likeness (QED) is 0.378. The van der Waals surface area contributed by atoms with Crippen LogP contribution in [0.5, 0.6) is 0 Å². The number of rotatable bonds is 2. The van der Waals surface area contributed by atoms with Crippen LogP contribution in [0, 0.1) is 0 Å². The van der Waals surface area contributed by atoms with E-state index in [2.05, 4.69) is 25.9 Å². The van der Waals surface area contributed by atoms with Gasteiger partial charge in [-0.15, -0.1) is 0 Å². The summed E-state index contributed by atoms with van der Waals surface area (Å²) in [7, 11) is 0. The molecule has 2 N–H and O–H groups in total. The number of alkyl halides is 3. The Morgan fingerprint density at radius 2 is 1.70 bits per heavy atom. The van der Waals surface area contributed by atoms with Crippen molar-refractivity contribution in [2.24, 2.45) is 0 Å². The Kier molecular flexibility index (Phi) is 4.40. The van der Waals surface area contributed by atoms with Gasteiger partial charge in [0.15, 0.2) is 6.21 Å². The SMILES string of the molecule is FC(F)(F)c1ccc(C(=C2C=[NH+]c3ccc(Br)cc32)c2c[nH]c3ccccc23)cc1. The normalized spacial score (nSPS) is 14.9. The average molecular weight is 468 g/mol. The van der Waals surface area contributed by atoms with E-state index in [1.165, 1.54) is 12.1 Å². The summed E-state index contributed by atoms with van der Waals surface area (Å²) in [6.45, 7) is 0. The molecule has 30 heavy (non-hydrogen) atoms. The minimum atomic E-state index is -4.37. The summed E-state index contributed by atoms with van der Waals surface area (Å²) in [5.41, 5.74) is 5.70. The molecular formula is C24H15BrF3N2+. The number of aromatic nitrogens is 1. The molecule has 0 bridgehead atoms. The molecule has 0 unspecified atom stereocenters. The highest BCUT2D eigenvalue weighted by Crippen LogP contribution is 2.39. The van der Waals surface area contributed by atoms with Crippen LogP contribution in [0.15, 0.2) is 77.4 Å². The molecule has 2 nitrogen and oxygen atoms in total. The third-order valence-electron chi connectivity index (χ3n) is 5.27. The summed E-state index contributed by atoms with van der Waals surface area (Å²) >= 11 is 3.52. The van der Waals surface area contributed by atoms with Crippen molar-refractivity contribution < 1.29 is 18.2 Å². The summed E-state index contributed by atoms with van der Waals surface area (Å²) in [5, 5.41) is 1.01. The molecule has 1 aliphatic rings. The van der Waals surface area contributed by atoms with Gasteiger partial charge in [0.2, 0.25) is 5.69 Å². The van der Waals surface area contributed by atoms with E-state index in [1.54, 1.807) is 0 Å². The Morgan fingerprint density at radius 3 is 2.47 bits per heavy atom. The molecule has 2 heterocycles. The highest BCUT2D eigenvalue weighted by atomic mass is 79.9. The molecule has 4 aromatic rings. The highest BCUT2D eigenvalue weighted by molar-refractivity contribution is 9.10. The van der Waals surface area contributed by atoms with Gasteiger partial charge >= 0.3 is 6.18 Å². The van der Waals surface area contributed by atoms with Gasteiger partial charge < -0.3 is 4.98 Å². The minimum absolute atomic E-state index is 0.661. The molecular weight excluding hydrogens is 453 g/mol. The van der Waals surface area contributed by atoms with Crippen LogP contribution in [0.2, 0.25) is 0 Å². The summed E-state index contributed by atoms with van der Waals surface area (Å²) in [4.78, 5) is 6.55. The molecule has 0 saturated heterocycles. The first-order chi connectivity index (χ1) is 14.4. The van der Waals surface area contributed by atoms with Crippen molar-refractivity contribution in [2.45, 2.75) is 6.18 Å². The molecule has 0 spiro atoms. The first-order valence-corrected chi connectivity index (χ1v) is 10.1. The van der Waals surface area contributed by atoms with Crippen molar-refractivity contribution in [1.82, 2.24) is 4.98 Å². The first kappa shape index (κ1) is 18.9. The zero-order valence-electron chi connectivity index (χ0n) is 15.5. The second-order valence-electron chi connectivity index (χ2n) is 7.09. The Balaban J connectivity index is 1.79. The Morgan fingerprint density at radius 1 is 0.933 bits per heavy atom. The van der Waals surface area contributed by atoms with Gasteiger partial charge in [0.1, 0.15) is 0 Å². The largest absolute Gasteiger partial charge is 0.416 e. The van der Waals surface area contributed by atoms with Crippen LogP contribution in [0.3, 0.4) is 0 Å². The van der Waals surface area contributed by atoms with Crippen LogP contribution in [0.1, 0.15) is 22.3 Å². The second-order valence-corrected chi connectivity index (χ2v) is 8.01. The van der Waals surface area contributed by atoms with Gasteiger partial charge in [-0.05, 0) is 35.9 Å². The molecule has 0 amide bonds.